The molecule has 0 amide bonds. The lowest BCUT2D eigenvalue weighted by Crippen LogP contribution is -2.18. The number of aryl methyl sites for hydroxylation is 1. The topological polar surface area (TPSA) is 70.4 Å². The molecule has 0 radical (unpaired) electrons. The fraction of sp³-hybridized carbons (Fsp3) is 0.333. The van der Waals surface area contributed by atoms with Crippen molar-refractivity contribution in [3.63, 3.8) is 0 Å². The van der Waals surface area contributed by atoms with Gasteiger partial charge in [-0.2, -0.15) is 11.8 Å². The van der Waals surface area contributed by atoms with Crippen LogP contribution in [-0.2, 0) is 21.2 Å². The molecule has 0 bridgehead atoms. The number of halogens is 1. The summed E-state index contributed by atoms with van der Waals surface area (Å²) in [5.41, 5.74) is 6.71. The Hall–Kier alpha value is -2.68. The maximum Gasteiger partial charge on any atom is 0.303 e. The first-order valence-corrected chi connectivity index (χ1v) is 17.1. The van der Waals surface area contributed by atoms with E-state index in [0.29, 0.717) is 0 Å². The molecule has 1 fully saturated rings. The van der Waals surface area contributed by atoms with Gasteiger partial charge in [0.25, 0.3) is 0 Å². The number of thioether (sulfide) groups is 1. The molecule has 1 aliphatic carbocycles. The third-order valence-electron chi connectivity index (χ3n) is 8.09. The Morgan fingerprint density at radius 1 is 1.05 bits per heavy atom. The standard InChI is InChI=1S/C36H38INO3S/c1-35(2,41)31-9-4-3-7-27(31)14-17-33(42-24-36(18-19-36)22-34(39)40)29-8-5-6-25(20-29)11-15-30-16-13-28-12-10-26(23-37)21-32(28)38-30/h3-13,15-16,20-21,33,41H,14,17-19,22-24H2,1-2H3,(H,39,40)/b15-11+/t33-/m1/s1. The number of nitrogens with zero attached hydrogens (tertiary/aromatic N) is 1. The van der Waals surface area contributed by atoms with Gasteiger partial charge in [0, 0.05) is 20.8 Å². The van der Waals surface area contributed by atoms with Crippen molar-refractivity contribution in [3.8, 4) is 0 Å². The highest BCUT2D eigenvalue weighted by molar-refractivity contribution is 14.1. The number of aliphatic hydroxyl groups is 1. The van der Waals surface area contributed by atoms with Crippen LogP contribution in [0.4, 0.5) is 0 Å². The van der Waals surface area contributed by atoms with Crippen molar-refractivity contribution in [1.29, 1.82) is 0 Å². The van der Waals surface area contributed by atoms with Crippen molar-refractivity contribution in [1.82, 2.24) is 4.98 Å². The molecule has 1 saturated carbocycles. The van der Waals surface area contributed by atoms with Crippen LogP contribution in [0.3, 0.4) is 0 Å². The van der Waals surface area contributed by atoms with E-state index in [9.17, 15) is 15.0 Å². The van der Waals surface area contributed by atoms with Crippen LogP contribution in [-0.4, -0.2) is 26.9 Å². The van der Waals surface area contributed by atoms with Crippen molar-refractivity contribution in [2.24, 2.45) is 5.41 Å². The maximum absolute atomic E-state index is 11.5. The second-order valence-corrected chi connectivity index (χ2v) is 14.0. The van der Waals surface area contributed by atoms with Crippen molar-refractivity contribution in [2.75, 3.05) is 5.75 Å². The Kier molecular flexibility index (Phi) is 9.75. The summed E-state index contributed by atoms with van der Waals surface area (Å²) in [6.07, 6.45) is 8.16. The molecular weight excluding hydrogens is 653 g/mol. The minimum absolute atomic E-state index is 0.0732. The molecule has 0 unspecified atom stereocenters. The fourth-order valence-corrected chi connectivity index (χ4v) is 7.56. The molecule has 4 aromatic rings. The van der Waals surface area contributed by atoms with E-state index in [-0.39, 0.29) is 17.1 Å². The van der Waals surface area contributed by atoms with Crippen LogP contribution in [0.5, 0.6) is 0 Å². The van der Waals surface area contributed by atoms with Crippen molar-refractivity contribution in [3.05, 3.63) is 112 Å². The monoisotopic (exact) mass is 691 g/mol. The third-order valence-corrected chi connectivity index (χ3v) is 10.7. The van der Waals surface area contributed by atoms with Gasteiger partial charge in [-0.25, -0.2) is 4.98 Å². The fourth-order valence-electron chi connectivity index (χ4n) is 5.51. The SMILES string of the molecule is CC(C)(O)c1ccccc1CC[C@@H](SCC1(CC(=O)O)CC1)c1cccc(/C=C/c2ccc3ccc(CI)cc3n2)c1. The molecule has 218 valence electrons. The number of carboxylic acid groups (broad SMARTS) is 1. The van der Waals surface area contributed by atoms with E-state index in [2.05, 4.69) is 95.4 Å². The highest BCUT2D eigenvalue weighted by Gasteiger charge is 2.44. The second-order valence-electron chi connectivity index (χ2n) is 12.0. The number of benzene rings is 3. The molecule has 0 saturated heterocycles. The zero-order chi connectivity index (χ0) is 29.7. The minimum atomic E-state index is -0.905. The van der Waals surface area contributed by atoms with Gasteiger partial charge in [-0.05, 0) is 91.0 Å². The quantitative estimate of drug-likeness (QED) is 0.108. The Bertz CT molecular complexity index is 1590. The summed E-state index contributed by atoms with van der Waals surface area (Å²) in [5, 5.41) is 21.6. The smallest absolute Gasteiger partial charge is 0.303 e. The summed E-state index contributed by atoms with van der Waals surface area (Å²) in [4.78, 5) is 16.4. The van der Waals surface area contributed by atoms with Crippen LogP contribution in [0.15, 0.2) is 78.9 Å². The van der Waals surface area contributed by atoms with Crippen LogP contribution < -0.4 is 0 Å². The van der Waals surface area contributed by atoms with E-state index in [1.165, 1.54) is 11.1 Å². The maximum atomic E-state index is 11.5. The summed E-state index contributed by atoms with van der Waals surface area (Å²) < 4.78 is 0.961. The number of aliphatic carboxylic acids is 1. The molecule has 1 heterocycles. The first-order valence-electron chi connectivity index (χ1n) is 14.5. The minimum Gasteiger partial charge on any atom is -0.481 e. The molecular formula is C36H38INO3S. The highest BCUT2D eigenvalue weighted by Crippen LogP contribution is 2.53. The number of pyridine rings is 1. The van der Waals surface area contributed by atoms with Gasteiger partial charge in [-0.3, -0.25) is 4.79 Å². The van der Waals surface area contributed by atoms with Gasteiger partial charge in [-0.15, -0.1) is 0 Å². The number of carboxylic acids is 1. The number of aromatic nitrogens is 1. The molecule has 6 heteroatoms. The van der Waals surface area contributed by atoms with Crippen LogP contribution in [0, 0.1) is 5.41 Å². The Balaban J connectivity index is 1.37. The average molecular weight is 692 g/mol. The van der Waals surface area contributed by atoms with Gasteiger partial charge >= 0.3 is 5.97 Å². The summed E-state index contributed by atoms with van der Waals surface area (Å²) in [6, 6.07) is 27.4. The number of hydrogen-bond acceptors (Lipinski definition) is 4. The van der Waals surface area contributed by atoms with E-state index in [0.717, 1.165) is 69.2 Å². The van der Waals surface area contributed by atoms with Gasteiger partial charge in [0.15, 0.2) is 0 Å². The molecule has 5 rings (SSSR count). The summed E-state index contributed by atoms with van der Waals surface area (Å²) in [7, 11) is 0. The second kappa shape index (κ2) is 13.3. The van der Waals surface area contributed by atoms with Gasteiger partial charge in [-0.1, -0.05) is 95.4 Å². The number of alkyl halides is 1. The van der Waals surface area contributed by atoms with E-state index in [1.54, 1.807) is 0 Å². The molecule has 2 N–H and O–H groups in total. The van der Waals surface area contributed by atoms with Crippen LogP contribution in [0.2, 0.25) is 0 Å². The third kappa shape index (κ3) is 8.03. The average Bonchev–Trinajstić information content (AvgIpc) is 3.74. The van der Waals surface area contributed by atoms with Crippen LogP contribution in [0.25, 0.3) is 23.1 Å². The molecule has 0 spiro atoms. The lowest BCUT2D eigenvalue weighted by Gasteiger charge is -2.24. The Morgan fingerprint density at radius 2 is 1.83 bits per heavy atom. The molecule has 42 heavy (non-hydrogen) atoms. The molecule has 0 aliphatic heterocycles. The van der Waals surface area contributed by atoms with Crippen LogP contribution in [0.1, 0.15) is 78.3 Å². The highest BCUT2D eigenvalue weighted by atomic mass is 127. The lowest BCUT2D eigenvalue weighted by atomic mass is 9.90. The molecule has 4 nitrogen and oxygen atoms in total. The van der Waals surface area contributed by atoms with Gasteiger partial charge in [0.2, 0.25) is 0 Å². The molecule has 1 aliphatic rings. The number of hydrogen-bond donors (Lipinski definition) is 2. The number of carbonyl (C=O) groups is 1. The Labute approximate surface area is 266 Å². The van der Waals surface area contributed by atoms with Crippen molar-refractivity contribution >= 4 is 63.4 Å². The predicted octanol–water partition coefficient (Wildman–Crippen LogP) is 9.23. The molecule has 1 aromatic heterocycles. The summed E-state index contributed by atoms with van der Waals surface area (Å²) in [5.74, 6) is 0.140. The molecule has 1 atom stereocenters. The zero-order valence-electron chi connectivity index (χ0n) is 24.2. The number of rotatable bonds is 13. The summed E-state index contributed by atoms with van der Waals surface area (Å²) in [6.45, 7) is 3.67. The van der Waals surface area contributed by atoms with Gasteiger partial charge in [0.1, 0.15) is 0 Å². The number of fused-ring (bicyclic) bond motifs is 1. The first kappa shape index (κ1) is 30.8. The van der Waals surface area contributed by atoms with E-state index in [1.807, 2.05) is 43.8 Å². The molecule has 3 aromatic carbocycles. The lowest BCUT2D eigenvalue weighted by molar-refractivity contribution is -0.138. The van der Waals surface area contributed by atoms with Crippen molar-refractivity contribution in [2.45, 2.75) is 61.2 Å². The van der Waals surface area contributed by atoms with Gasteiger partial charge in [0.05, 0.1) is 23.2 Å². The zero-order valence-corrected chi connectivity index (χ0v) is 27.2. The Morgan fingerprint density at radius 3 is 2.57 bits per heavy atom. The van der Waals surface area contributed by atoms with Gasteiger partial charge < -0.3 is 10.2 Å². The summed E-state index contributed by atoms with van der Waals surface area (Å²) >= 11 is 4.26. The normalized spacial score (nSPS) is 15.2. The van der Waals surface area contributed by atoms with Crippen LogP contribution >= 0.6 is 34.4 Å². The predicted molar refractivity (Wildman–Crippen MR) is 184 cm³/mol. The first-order chi connectivity index (χ1) is 20.1. The van der Waals surface area contributed by atoms with E-state index >= 15 is 0 Å². The van der Waals surface area contributed by atoms with E-state index < -0.39 is 11.6 Å². The van der Waals surface area contributed by atoms with Crippen molar-refractivity contribution < 1.29 is 15.0 Å². The van der Waals surface area contributed by atoms with E-state index in [4.69, 9.17) is 4.98 Å². The largest absolute Gasteiger partial charge is 0.481 e.